The van der Waals surface area contributed by atoms with Gasteiger partial charge in [0.05, 0.1) is 22.9 Å². The smallest absolute Gasteiger partial charge is 0.244 e. The molecule has 2 atom stereocenters. The van der Waals surface area contributed by atoms with Crippen LogP contribution in [-0.4, -0.2) is 33.7 Å². The van der Waals surface area contributed by atoms with Crippen molar-refractivity contribution in [2.24, 2.45) is 0 Å². The molecular weight excluding hydrogens is 448 g/mol. The number of pyridine rings is 1. The zero-order valence-electron chi connectivity index (χ0n) is 21.6. The van der Waals surface area contributed by atoms with Crippen molar-refractivity contribution < 1.29 is 9.53 Å². The van der Waals surface area contributed by atoms with Crippen LogP contribution in [-0.2, 0) is 16.0 Å². The Hall–Kier alpha value is -3.43. The summed E-state index contributed by atoms with van der Waals surface area (Å²) in [6, 6.07) is 13.1. The van der Waals surface area contributed by atoms with Crippen LogP contribution in [0.15, 0.2) is 36.4 Å². The Morgan fingerprint density at radius 3 is 2.86 bits per heavy atom. The lowest BCUT2D eigenvalue weighted by Gasteiger charge is -2.35. The fourth-order valence-electron chi connectivity index (χ4n) is 6.01. The summed E-state index contributed by atoms with van der Waals surface area (Å²) in [5.74, 6) is -0.150. The van der Waals surface area contributed by atoms with Gasteiger partial charge in [0.25, 0.3) is 0 Å². The second-order valence-corrected chi connectivity index (χ2v) is 10.8. The molecule has 1 aliphatic heterocycles. The second-order valence-electron chi connectivity index (χ2n) is 10.8. The van der Waals surface area contributed by atoms with E-state index in [-0.39, 0.29) is 23.6 Å². The van der Waals surface area contributed by atoms with Gasteiger partial charge in [-0.25, -0.2) is 4.98 Å². The summed E-state index contributed by atoms with van der Waals surface area (Å²) in [5.41, 5.74) is 6.46. The number of aromatic nitrogens is 2. The number of hydrogen-bond acceptors (Lipinski definition) is 4. The minimum atomic E-state index is -0.240. The summed E-state index contributed by atoms with van der Waals surface area (Å²) in [7, 11) is 0. The van der Waals surface area contributed by atoms with Crippen molar-refractivity contribution in [1.29, 1.82) is 5.26 Å². The highest BCUT2D eigenvalue weighted by molar-refractivity contribution is 5.96. The molecule has 2 aromatic heterocycles. The average Bonchev–Trinajstić information content (AvgIpc) is 3.15. The van der Waals surface area contributed by atoms with Gasteiger partial charge in [-0.1, -0.05) is 24.3 Å². The number of hydrogen-bond donors (Lipinski definition) is 1. The Labute approximate surface area is 213 Å². The minimum absolute atomic E-state index is 0.0623. The van der Waals surface area contributed by atoms with Crippen LogP contribution in [0.3, 0.4) is 0 Å². The number of nitriles is 1. The SMILES string of the molecule is Cc1cc(C)c2c(C#N)c(/C=C/C(=O)N[C@@H]3CCOC(C)(C)C3)n([C@H]3CCCc4ccccc43)c2n1. The summed E-state index contributed by atoms with van der Waals surface area (Å²) in [6.07, 6.45) is 8.04. The number of rotatable bonds is 4. The van der Waals surface area contributed by atoms with Gasteiger partial charge in [0.1, 0.15) is 11.7 Å². The molecule has 1 aliphatic carbocycles. The van der Waals surface area contributed by atoms with Gasteiger partial charge in [-0.2, -0.15) is 5.26 Å². The van der Waals surface area contributed by atoms with Crippen molar-refractivity contribution in [3.8, 4) is 6.07 Å². The molecule has 36 heavy (non-hydrogen) atoms. The monoisotopic (exact) mass is 482 g/mol. The van der Waals surface area contributed by atoms with Gasteiger partial charge < -0.3 is 14.6 Å². The van der Waals surface area contributed by atoms with Crippen molar-refractivity contribution >= 4 is 23.0 Å². The number of aryl methyl sites for hydroxylation is 3. The van der Waals surface area contributed by atoms with Gasteiger partial charge in [-0.05, 0) is 88.6 Å². The number of ether oxygens (including phenoxy) is 1. The van der Waals surface area contributed by atoms with Crippen LogP contribution in [0.2, 0.25) is 0 Å². The molecule has 2 aliphatic rings. The van der Waals surface area contributed by atoms with E-state index in [1.165, 1.54) is 11.1 Å². The summed E-state index contributed by atoms with van der Waals surface area (Å²) in [5, 5.41) is 14.3. The van der Waals surface area contributed by atoms with Crippen molar-refractivity contribution in [3.05, 3.63) is 70.0 Å². The summed E-state index contributed by atoms with van der Waals surface area (Å²) < 4.78 is 7.99. The fourth-order valence-corrected chi connectivity index (χ4v) is 6.01. The third kappa shape index (κ3) is 4.56. The molecule has 6 nitrogen and oxygen atoms in total. The van der Waals surface area contributed by atoms with Crippen LogP contribution < -0.4 is 5.32 Å². The largest absolute Gasteiger partial charge is 0.375 e. The van der Waals surface area contributed by atoms with Crippen molar-refractivity contribution in [2.45, 2.75) is 77.5 Å². The third-order valence-electron chi connectivity index (χ3n) is 7.52. The molecule has 1 N–H and O–H groups in total. The van der Waals surface area contributed by atoms with Crippen LogP contribution in [0.1, 0.15) is 79.2 Å². The highest BCUT2D eigenvalue weighted by Crippen LogP contribution is 2.39. The molecule has 0 saturated carbocycles. The van der Waals surface area contributed by atoms with E-state index in [0.29, 0.717) is 12.2 Å². The van der Waals surface area contributed by atoms with Crippen molar-refractivity contribution in [1.82, 2.24) is 14.9 Å². The standard InChI is InChI=1S/C30H34N4O2/c1-19-16-20(2)32-29-28(19)24(18-31)26(12-13-27(35)33-22-14-15-36-30(3,4)17-22)34(29)25-11-7-9-21-8-5-6-10-23(21)25/h5-6,8,10,12-13,16,22,25H,7,9,11,14-15,17H2,1-4H3,(H,33,35)/b13-12+/t22-,25+/m1/s1. The zero-order chi connectivity index (χ0) is 25.4. The van der Waals surface area contributed by atoms with E-state index < -0.39 is 0 Å². The maximum Gasteiger partial charge on any atom is 0.244 e. The first-order valence-corrected chi connectivity index (χ1v) is 12.9. The molecule has 1 saturated heterocycles. The molecule has 1 fully saturated rings. The molecule has 1 amide bonds. The van der Waals surface area contributed by atoms with E-state index in [2.05, 4.69) is 54.1 Å². The van der Waals surface area contributed by atoms with E-state index >= 15 is 0 Å². The predicted octanol–water partition coefficient (Wildman–Crippen LogP) is 5.54. The first-order chi connectivity index (χ1) is 17.3. The highest BCUT2D eigenvalue weighted by Gasteiger charge is 2.30. The number of nitrogens with one attached hydrogen (secondary N) is 1. The molecule has 0 spiro atoms. The molecule has 0 bridgehead atoms. The number of nitrogens with zero attached hydrogens (tertiary/aromatic N) is 3. The Morgan fingerprint density at radius 1 is 1.28 bits per heavy atom. The molecular formula is C30H34N4O2. The van der Waals surface area contributed by atoms with Gasteiger partial charge >= 0.3 is 0 Å². The number of fused-ring (bicyclic) bond motifs is 2. The molecule has 5 rings (SSSR count). The first-order valence-electron chi connectivity index (χ1n) is 12.9. The van der Waals surface area contributed by atoms with Crippen LogP contribution in [0.4, 0.5) is 0 Å². The lowest BCUT2D eigenvalue weighted by Crippen LogP contribution is -2.45. The maximum absolute atomic E-state index is 13.0. The molecule has 6 heteroatoms. The van der Waals surface area contributed by atoms with Crippen molar-refractivity contribution in [3.63, 3.8) is 0 Å². The summed E-state index contributed by atoms with van der Waals surface area (Å²) in [4.78, 5) is 17.9. The third-order valence-corrected chi connectivity index (χ3v) is 7.52. The number of benzene rings is 1. The van der Waals surface area contributed by atoms with Gasteiger partial charge in [0, 0.05) is 29.8 Å². The lowest BCUT2D eigenvalue weighted by atomic mass is 9.87. The average molecular weight is 483 g/mol. The maximum atomic E-state index is 13.0. The molecule has 0 unspecified atom stereocenters. The van der Waals surface area contributed by atoms with Crippen LogP contribution in [0.25, 0.3) is 17.1 Å². The quantitative estimate of drug-likeness (QED) is 0.495. The molecule has 3 heterocycles. The highest BCUT2D eigenvalue weighted by atomic mass is 16.5. The Kier molecular flexibility index (Phi) is 6.44. The van der Waals surface area contributed by atoms with Crippen LogP contribution in [0, 0.1) is 25.2 Å². The molecule has 186 valence electrons. The van der Waals surface area contributed by atoms with Crippen LogP contribution in [0.5, 0.6) is 0 Å². The number of carbonyl (C=O) groups excluding carboxylic acids is 1. The molecule has 3 aromatic rings. The number of carbonyl (C=O) groups is 1. The van der Waals surface area contributed by atoms with E-state index in [9.17, 15) is 10.1 Å². The normalized spacial score (nSPS) is 21.3. The van der Waals surface area contributed by atoms with Crippen LogP contribution >= 0.6 is 0 Å². The van der Waals surface area contributed by atoms with Gasteiger partial charge in [0.2, 0.25) is 5.91 Å². The summed E-state index contributed by atoms with van der Waals surface area (Å²) in [6.45, 7) is 8.77. The van der Waals surface area contributed by atoms with E-state index in [1.54, 1.807) is 6.08 Å². The number of amides is 1. The van der Waals surface area contributed by atoms with Crippen molar-refractivity contribution in [2.75, 3.05) is 6.61 Å². The molecule has 1 aromatic carbocycles. The minimum Gasteiger partial charge on any atom is -0.375 e. The predicted molar refractivity (Wildman–Crippen MR) is 142 cm³/mol. The lowest BCUT2D eigenvalue weighted by molar-refractivity contribution is -0.119. The Balaban J connectivity index is 1.59. The zero-order valence-corrected chi connectivity index (χ0v) is 21.6. The summed E-state index contributed by atoms with van der Waals surface area (Å²) >= 11 is 0. The Bertz CT molecular complexity index is 1390. The van der Waals surface area contributed by atoms with Gasteiger partial charge in [-0.3, -0.25) is 4.79 Å². The van der Waals surface area contributed by atoms with E-state index in [0.717, 1.165) is 60.1 Å². The van der Waals surface area contributed by atoms with Gasteiger partial charge in [-0.15, -0.1) is 0 Å². The first kappa shape index (κ1) is 24.3. The van der Waals surface area contributed by atoms with E-state index in [1.807, 2.05) is 26.0 Å². The molecule has 0 radical (unpaired) electrons. The Morgan fingerprint density at radius 2 is 2.08 bits per heavy atom. The second kappa shape index (κ2) is 9.55. The topological polar surface area (TPSA) is 79.9 Å². The fraction of sp³-hybridized carbons (Fsp3) is 0.433. The van der Waals surface area contributed by atoms with Gasteiger partial charge in [0.15, 0.2) is 0 Å². The van der Waals surface area contributed by atoms with E-state index in [4.69, 9.17) is 9.72 Å².